The van der Waals surface area contributed by atoms with Crippen LogP contribution in [0.3, 0.4) is 0 Å². The monoisotopic (exact) mass is 240 g/mol. The third-order valence-electron chi connectivity index (χ3n) is 4.24. The molecule has 0 aromatic rings. The Balaban J connectivity index is 1.77. The fourth-order valence-electron chi connectivity index (χ4n) is 3.08. The van der Waals surface area contributed by atoms with Crippen molar-refractivity contribution >= 4 is 5.97 Å². The third-order valence-corrected chi connectivity index (χ3v) is 4.24. The molecule has 0 aromatic heterocycles. The molecule has 2 aliphatic rings. The number of carboxylic acid groups (broad SMARTS) is 1. The molecule has 0 aliphatic carbocycles. The highest BCUT2D eigenvalue weighted by molar-refractivity contribution is 5.69. The molecule has 2 fully saturated rings. The van der Waals surface area contributed by atoms with Crippen LogP contribution in [0, 0.1) is 11.8 Å². The highest BCUT2D eigenvalue weighted by Gasteiger charge is 2.36. The van der Waals surface area contributed by atoms with E-state index in [9.17, 15) is 4.79 Å². The molecule has 2 rings (SSSR count). The van der Waals surface area contributed by atoms with Crippen LogP contribution in [0.1, 0.15) is 26.7 Å². The summed E-state index contributed by atoms with van der Waals surface area (Å²) in [6.07, 6.45) is 2.45. The Labute approximate surface area is 104 Å². The summed E-state index contributed by atoms with van der Waals surface area (Å²) in [5.74, 6) is 0.829. The highest BCUT2D eigenvalue weighted by Crippen LogP contribution is 2.31. The summed E-state index contributed by atoms with van der Waals surface area (Å²) in [7, 11) is 0. The molecule has 2 saturated heterocycles. The maximum Gasteiger partial charge on any atom is 0.317 e. The second kappa shape index (κ2) is 5.36. The van der Waals surface area contributed by atoms with Gasteiger partial charge in [-0.05, 0) is 45.1 Å². The molecule has 4 nitrogen and oxygen atoms in total. The Kier molecular flexibility index (Phi) is 4.05. The number of rotatable bonds is 4. The minimum atomic E-state index is -0.692. The van der Waals surface area contributed by atoms with Crippen LogP contribution in [0.4, 0.5) is 0 Å². The van der Waals surface area contributed by atoms with Crippen LogP contribution in [-0.2, 0) is 4.79 Å². The molecule has 4 heteroatoms. The summed E-state index contributed by atoms with van der Waals surface area (Å²) < 4.78 is 0. The first-order valence-corrected chi connectivity index (χ1v) is 6.74. The van der Waals surface area contributed by atoms with Gasteiger partial charge in [0.2, 0.25) is 0 Å². The van der Waals surface area contributed by atoms with E-state index in [0.717, 1.165) is 31.3 Å². The van der Waals surface area contributed by atoms with E-state index in [1.165, 1.54) is 19.5 Å². The first-order valence-electron chi connectivity index (χ1n) is 6.74. The number of piperidine rings is 1. The first-order chi connectivity index (χ1) is 8.06. The molecular weight excluding hydrogens is 216 g/mol. The van der Waals surface area contributed by atoms with E-state index in [2.05, 4.69) is 23.6 Å². The number of likely N-dealkylation sites (tertiary alicyclic amines) is 2. The lowest BCUT2D eigenvalue weighted by Gasteiger charge is -2.48. The van der Waals surface area contributed by atoms with E-state index in [1.807, 2.05) is 0 Å². The lowest BCUT2D eigenvalue weighted by molar-refractivity contribution is -0.139. The summed E-state index contributed by atoms with van der Waals surface area (Å²) in [5, 5.41) is 8.83. The smallest absolute Gasteiger partial charge is 0.317 e. The predicted octanol–water partition coefficient (Wildman–Crippen LogP) is 1.12. The van der Waals surface area contributed by atoms with Gasteiger partial charge in [-0.15, -0.1) is 0 Å². The van der Waals surface area contributed by atoms with Crippen LogP contribution < -0.4 is 0 Å². The Bertz CT molecular complexity index is 275. The highest BCUT2D eigenvalue weighted by atomic mass is 16.4. The molecule has 0 spiro atoms. The molecule has 0 amide bonds. The lowest BCUT2D eigenvalue weighted by Crippen LogP contribution is -2.55. The summed E-state index contributed by atoms with van der Waals surface area (Å²) in [6.45, 7) is 9.08. The summed E-state index contributed by atoms with van der Waals surface area (Å²) >= 11 is 0. The van der Waals surface area contributed by atoms with Crippen molar-refractivity contribution in [2.24, 2.45) is 11.8 Å². The number of carbonyl (C=O) groups is 1. The van der Waals surface area contributed by atoms with Gasteiger partial charge in [0, 0.05) is 25.7 Å². The largest absolute Gasteiger partial charge is 0.480 e. The Hall–Kier alpha value is -0.610. The van der Waals surface area contributed by atoms with Gasteiger partial charge in [0.15, 0.2) is 0 Å². The van der Waals surface area contributed by atoms with Gasteiger partial charge in [-0.1, -0.05) is 0 Å². The van der Waals surface area contributed by atoms with E-state index >= 15 is 0 Å². The first kappa shape index (κ1) is 12.8. The summed E-state index contributed by atoms with van der Waals surface area (Å²) in [4.78, 5) is 15.3. The van der Waals surface area contributed by atoms with Crippen molar-refractivity contribution in [3.8, 4) is 0 Å². The molecule has 1 atom stereocenters. The van der Waals surface area contributed by atoms with Crippen molar-refractivity contribution in [1.82, 2.24) is 9.80 Å². The quantitative estimate of drug-likeness (QED) is 0.800. The molecule has 1 unspecified atom stereocenters. The fourth-order valence-corrected chi connectivity index (χ4v) is 3.08. The van der Waals surface area contributed by atoms with Crippen molar-refractivity contribution in [2.75, 3.05) is 32.7 Å². The zero-order valence-corrected chi connectivity index (χ0v) is 10.9. The Morgan fingerprint density at radius 3 is 2.59 bits per heavy atom. The van der Waals surface area contributed by atoms with Gasteiger partial charge >= 0.3 is 5.97 Å². The van der Waals surface area contributed by atoms with Gasteiger partial charge in [-0.25, -0.2) is 0 Å². The maximum atomic E-state index is 10.7. The minimum absolute atomic E-state index is 0.219. The molecule has 1 N–H and O–H groups in total. The Morgan fingerprint density at radius 1 is 1.29 bits per heavy atom. The molecule has 0 saturated carbocycles. The summed E-state index contributed by atoms with van der Waals surface area (Å²) in [5.41, 5.74) is 0. The van der Waals surface area contributed by atoms with E-state index in [1.54, 1.807) is 0 Å². The van der Waals surface area contributed by atoms with Gasteiger partial charge in [-0.2, -0.15) is 0 Å². The van der Waals surface area contributed by atoms with Crippen molar-refractivity contribution in [3.05, 3.63) is 0 Å². The second-order valence-electron chi connectivity index (χ2n) is 5.84. The minimum Gasteiger partial charge on any atom is -0.480 e. The topological polar surface area (TPSA) is 43.8 Å². The van der Waals surface area contributed by atoms with E-state index < -0.39 is 5.97 Å². The molecule has 2 aliphatic heterocycles. The van der Waals surface area contributed by atoms with Crippen LogP contribution >= 0.6 is 0 Å². The molecule has 2 heterocycles. The number of hydrogen-bond acceptors (Lipinski definition) is 3. The molecule has 0 radical (unpaired) electrons. The summed E-state index contributed by atoms with van der Waals surface area (Å²) in [6, 6.07) is 0.657. The number of carboxylic acids is 1. The van der Waals surface area contributed by atoms with Crippen LogP contribution in [0.15, 0.2) is 0 Å². The SMILES string of the molecule is CC(C)N1CC(C2CCCN(CC(=O)O)C2)C1. The van der Waals surface area contributed by atoms with Crippen LogP contribution in [0.2, 0.25) is 0 Å². The van der Waals surface area contributed by atoms with E-state index in [4.69, 9.17) is 5.11 Å². The standard InChI is InChI=1S/C13H24N2O2/c1-10(2)15-7-12(8-15)11-4-3-5-14(6-11)9-13(16)17/h10-12H,3-9H2,1-2H3,(H,16,17). The van der Waals surface area contributed by atoms with Crippen molar-refractivity contribution in [2.45, 2.75) is 32.7 Å². The van der Waals surface area contributed by atoms with Gasteiger partial charge in [0.05, 0.1) is 6.54 Å². The number of nitrogens with zero attached hydrogens (tertiary/aromatic N) is 2. The molecule has 0 aromatic carbocycles. The fraction of sp³-hybridized carbons (Fsp3) is 0.923. The lowest BCUT2D eigenvalue weighted by atomic mass is 9.80. The van der Waals surface area contributed by atoms with Gasteiger partial charge in [0.1, 0.15) is 0 Å². The Morgan fingerprint density at radius 2 is 2.00 bits per heavy atom. The maximum absolute atomic E-state index is 10.7. The average Bonchev–Trinajstić information content (AvgIpc) is 2.13. The predicted molar refractivity (Wildman–Crippen MR) is 67.0 cm³/mol. The van der Waals surface area contributed by atoms with Crippen molar-refractivity contribution < 1.29 is 9.90 Å². The molecule has 0 bridgehead atoms. The average molecular weight is 240 g/mol. The zero-order valence-electron chi connectivity index (χ0n) is 10.9. The van der Waals surface area contributed by atoms with Gasteiger partial charge in [-0.3, -0.25) is 9.69 Å². The van der Waals surface area contributed by atoms with Crippen LogP contribution in [-0.4, -0.2) is 59.6 Å². The van der Waals surface area contributed by atoms with E-state index in [0.29, 0.717) is 6.04 Å². The molecule has 98 valence electrons. The zero-order chi connectivity index (χ0) is 12.4. The number of aliphatic carboxylic acids is 1. The normalized spacial score (nSPS) is 28.3. The van der Waals surface area contributed by atoms with Gasteiger partial charge < -0.3 is 10.0 Å². The van der Waals surface area contributed by atoms with E-state index in [-0.39, 0.29) is 6.54 Å². The molecular formula is C13H24N2O2. The second-order valence-corrected chi connectivity index (χ2v) is 5.84. The third kappa shape index (κ3) is 3.19. The van der Waals surface area contributed by atoms with Crippen LogP contribution in [0.5, 0.6) is 0 Å². The van der Waals surface area contributed by atoms with Crippen molar-refractivity contribution in [1.29, 1.82) is 0 Å². The van der Waals surface area contributed by atoms with Gasteiger partial charge in [0.25, 0.3) is 0 Å². The number of hydrogen-bond donors (Lipinski definition) is 1. The molecule has 17 heavy (non-hydrogen) atoms. The van der Waals surface area contributed by atoms with Crippen molar-refractivity contribution in [3.63, 3.8) is 0 Å². The van der Waals surface area contributed by atoms with Crippen LogP contribution in [0.25, 0.3) is 0 Å².